The molecule has 0 fully saturated rings. The average molecular weight is 436 g/mol. The van der Waals surface area contributed by atoms with E-state index in [0.29, 0.717) is 18.4 Å². The highest BCUT2D eigenvalue weighted by Gasteiger charge is 2.49. The molecule has 30 heavy (non-hydrogen) atoms. The number of halogens is 1. The van der Waals surface area contributed by atoms with E-state index in [1.165, 1.54) is 24.3 Å². The Bertz CT molecular complexity index is 1060. The predicted molar refractivity (Wildman–Crippen MR) is 112 cm³/mol. The molecule has 3 atom stereocenters. The monoisotopic (exact) mass is 435 g/mol. The number of hydrogen-bond acceptors (Lipinski definition) is 5. The van der Waals surface area contributed by atoms with E-state index in [0.717, 1.165) is 25.0 Å². The van der Waals surface area contributed by atoms with E-state index in [4.69, 9.17) is 0 Å². The Morgan fingerprint density at radius 3 is 2.60 bits per heavy atom. The predicted octanol–water partition coefficient (Wildman–Crippen LogP) is 4.60. The SMILES string of the molecule is CCCC[C@]1(CC)CS(=O)(=O)c2ccc(F)cc2[C@@H](c2cccc([N+](=O)[O-])c2)[C@H]1O. The number of rotatable bonds is 6. The molecule has 2 aromatic rings. The molecule has 0 saturated carbocycles. The van der Waals surface area contributed by atoms with Gasteiger partial charge in [0.1, 0.15) is 5.82 Å². The molecule has 1 N–H and O–H groups in total. The second kappa shape index (κ2) is 8.43. The molecule has 0 unspecified atom stereocenters. The molecular weight excluding hydrogens is 409 g/mol. The van der Waals surface area contributed by atoms with Crippen LogP contribution >= 0.6 is 0 Å². The number of nitro benzene ring substituents is 1. The zero-order valence-electron chi connectivity index (χ0n) is 17.0. The van der Waals surface area contributed by atoms with Gasteiger partial charge in [-0.25, -0.2) is 12.8 Å². The van der Waals surface area contributed by atoms with E-state index >= 15 is 0 Å². The first-order valence-electron chi connectivity index (χ1n) is 10.1. The minimum atomic E-state index is -3.81. The second-order valence-electron chi connectivity index (χ2n) is 8.04. The highest BCUT2D eigenvalue weighted by Crippen LogP contribution is 2.49. The fourth-order valence-electron chi connectivity index (χ4n) is 4.54. The number of sulfone groups is 1. The summed E-state index contributed by atoms with van der Waals surface area (Å²) in [5.41, 5.74) is -0.565. The third-order valence-corrected chi connectivity index (χ3v) is 8.23. The van der Waals surface area contributed by atoms with Gasteiger partial charge in [0.05, 0.1) is 21.7 Å². The molecule has 1 heterocycles. The van der Waals surface area contributed by atoms with Crippen molar-refractivity contribution in [2.45, 2.75) is 56.4 Å². The summed E-state index contributed by atoms with van der Waals surface area (Å²) in [4.78, 5) is 10.7. The van der Waals surface area contributed by atoms with Crippen molar-refractivity contribution in [2.24, 2.45) is 5.41 Å². The Balaban J connectivity index is 2.31. The Kier molecular flexibility index (Phi) is 6.29. The maximum Gasteiger partial charge on any atom is 0.269 e. The molecule has 0 saturated heterocycles. The zero-order chi connectivity index (χ0) is 22.1. The summed E-state index contributed by atoms with van der Waals surface area (Å²) in [6, 6.07) is 9.25. The minimum absolute atomic E-state index is 0.0220. The van der Waals surface area contributed by atoms with Crippen LogP contribution in [0.2, 0.25) is 0 Å². The van der Waals surface area contributed by atoms with Gasteiger partial charge in [-0.3, -0.25) is 10.1 Å². The molecule has 6 nitrogen and oxygen atoms in total. The van der Waals surface area contributed by atoms with Crippen LogP contribution in [0.1, 0.15) is 56.6 Å². The first-order chi connectivity index (χ1) is 14.1. The van der Waals surface area contributed by atoms with E-state index in [9.17, 15) is 28.0 Å². The fourth-order valence-corrected chi connectivity index (χ4v) is 6.79. The largest absolute Gasteiger partial charge is 0.392 e. The maximum atomic E-state index is 14.2. The lowest BCUT2D eigenvalue weighted by Gasteiger charge is -2.39. The third kappa shape index (κ3) is 3.98. The van der Waals surface area contributed by atoms with Gasteiger partial charge in [0.2, 0.25) is 0 Å². The number of aliphatic hydroxyl groups excluding tert-OH is 1. The summed E-state index contributed by atoms with van der Waals surface area (Å²) in [5, 5.41) is 22.9. The lowest BCUT2D eigenvalue weighted by atomic mass is 9.69. The van der Waals surface area contributed by atoms with Gasteiger partial charge < -0.3 is 5.11 Å². The minimum Gasteiger partial charge on any atom is -0.392 e. The topological polar surface area (TPSA) is 97.5 Å². The highest BCUT2D eigenvalue weighted by molar-refractivity contribution is 7.91. The molecule has 0 amide bonds. The number of fused-ring (bicyclic) bond motifs is 1. The molecule has 0 spiro atoms. The van der Waals surface area contributed by atoms with Crippen molar-refractivity contribution in [3.05, 3.63) is 69.5 Å². The Labute approximate surface area is 175 Å². The zero-order valence-corrected chi connectivity index (χ0v) is 17.9. The number of aliphatic hydroxyl groups is 1. The molecule has 1 aliphatic heterocycles. The van der Waals surface area contributed by atoms with Crippen molar-refractivity contribution in [3.8, 4) is 0 Å². The summed E-state index contributed by atoms with van der Waals surface area (Å²) >= 11 is 0. The smallest absolute Gasteiger partial charge is 0.269 e. The Morgan fingerprint density at radius 1 is 1.23 bits per heavy atom. The van der Waals surface area contributed by atoms with Crippen LogP contribution in [0.25, 0.3) is 0 Å². The van der Waals surface area contributed by atoms with Gasteiger partial charge >= 0.3 is 0 Å². The van der Waals surface area contributed by atoms with Crippen molar-refractivity contribution in [2.75, 3.05) is 5.75 Å². The first-order valence-corrected chi connectivity index (χ1v) is 11.7. The molecular formula is C22H26FNO5S. The van der Waals surface area contributed by atoms with Gasteiger partial charge in [-0.05, 0) is 42.2 Å². The van der Waals surface area contributed by atoms with Crippen molar-refractivity contribution >= 4 is 15.5 Å². The summed E-state index contributed by atoms with van der Waals surface area (Å²) in [7, 11) is -3.81. The van der Waals surface area contributed by atoms with Crippen molar-refractivity contribution in [1.82, 2.24) is 0 Å². The summed E-state index contributed by atoms with van der Waals surface area (Å²) in [6.45, 7) is 3.83. The summed E-state index contributed by atoms with van der Waals surface area (Å²) in [5.74, 6) is -1.77. The Morgan fingerprint density at radius 2 is 1.97 bits per heavy atom. The van der Waals surface area contributed by atoms with Gasteiger partial charge in [-0.2, -0.15) is 0 Å². The van der Waals surface area contributed by atoms with E-state index in [1.807, 2.05) is 13.8 Å². The van der Waals surface area contributed by atoms with Crippen LogP contribution in [0, 0.1) is 21.3 Å². The van der Waals surface area contributed by atoms with Crippen LogP contribution in [0.15, 0.2) is 47.4 Å². The molecule has 8 heteroatoms. The lowest BCUT2D eigenvalue weighted by Crippen LogP contribution is -2.42. The molecule has 0 radical (unpaired) electrons. The third-order valence-electron chi connectivity index (χ3n) is 6.24. The van der Waals surface area contributed by atoms with Crippen molar-refractivity contribution in [1.29, 1.82) is 0 Å². The summed E-state index contributed by atoms with van der Waals surface area (Å²) in [6.07, 6.45) is 1.32. The van der Waals surface area contributed by atoms with Crippen LogP contribution in [0.5, 0.6) is 0 Å². The number of benzene rings is 2. The summed E-state index contributed by atoms with van der Waals surface area (Å²) < 4.78 is 40.8. The van der Waals surface area contributed by atoms with Gasteiger partial charge in [0.25, 0.3) is 5.69 Å². The fraction of sp³-hybridized carbons (Fsp3) is 0.455. The molecule has 0 aliphatic carbocycles. The van der Waals surface area contributed by atoms with E-state index in [-0.39, 0.29) is 21.9 Å². The number of hydrogen-bond donors (Lipinski definition) is 1. The molecule has 1 aliphatic rings. The number of unbranched alkanes of at least 4 members (excludes halogenated alkanes) is 1. The molecule has 0 aromatic heterocycles. The Hall–Kier alpha value is -2.32. The van der Waals surface area contributed by atoms with Gasteiger partial charge in [0.15, 0.2) is 9.84 Å². The number of non-ortho nitro benzene ring substituents is 1. The highest BCUT2D eigenvalue weighted by atomic mass is 32.2. The standard InChI is InChI=1S/C22H26FNO5S/c1-3-5-11-22(4-2)14-30(28,29)19-10-9-16(23)13-18(19)20(21(22)25)15-7-6-8-17(12-15)24(26)27/h6-10,12-13,20-21,25H,3-5,11,14H2,1-2H3/t20-,21-,22-/m1/s1. The molecule has 2 aromatic carbocycles. The van der Waals surface area contributed by atoms with Crippen LogP contribution in [-0.4, -0.2) is 30.3 Å². The lowest BCUT2D eigenvalue weighted by molar-refractivity contribution is -0.384. The van der Waals surface area contributed by atoms with Gasteiger partial charge in [0, 0.05) is 23.5 Å². The van der Waals surface area contributed by atoms with E-state index in [1.54, 1.807) is 6.07 Å². The molecule has 3 rings (SSSR count). The van der Waals surface area contributed by atoms with Crippen LogP contribution in [0.3, 0.4) is 0 Å². The quantitative estimate of drug-likeness (QED) is 0.406. The van der Waals surface area contributed by atoms with Gasteiger partial charge in [-0.1, -0.05) is 38.8 Å². The van der Waals surface area contributed by atoms with Crippen molar-refractivity contribution < 1.29 is 22.8 Å². The first kappa shape index (κ1) is 22.4. The van der Waals surface area contributed by atoms with Crippen LogP contribution in [-0.2, 0) is 9.84 Å². The number of nitrogens with zero attached hydrogens (tertiary/aromatic N) is 1. The second-order valence-corrected chi connectivity index (χ2v) is 9.99. The van der Waals surface area contributed by atoms with Crippen LogP contribution < -0.4 is 0 Å². The molecule has 0 bridgehead atoms. The van der Waals surface area contributed by atoms with Crippen LogP contribution in [0.4, 0.5) is 10.1 Å². The van der Waals surface area contributed by atoms with E-state index in [2.05, 4.69) is 0 Å². The average Bonchev–Trinajstić information content (AvgIpc) is 2.77. The van der Waals surface area contributed by atoms with Gasteiger partial charge in [-0.15, -0.1) is 0 Å². The van der Waals surface area contributed by atoms with E-state index < -0.39 is 38.0 Å². The normalized spacial score (nSPS) is 25.3. The maximum absolute atomic E-state index is 14.2. The molecule has 162 valence electrons. The number of nitro groups is 1. The van der Waals surface area contributed by atoms with Crippen molar-refractivity contribution in [3.63, 3.8) is 0 Å².